The fraction of sp³-hybridized carbons (Fsp3) is 0.800. The second-order valence-corrected chi connectivity index (χ2v) is 4.00. The van der Waals surface area contributed by atoms with Crippen molar-refractivity contribution in [3.05, 3.63) is 0 Å². The van der Waals surface area contributed by atoms with Gasteiger partial charge < -0.3 is 15.5 Å². The normalized spacial score (nSPS) is 26.1. The summed E-state index contributed by atoms with van der Waals surface area (Å²) >= 11 is 0. The molecule has 2 unspecified atom stereocenters. The Morgan fingerprint density at radius 3 is 2.60 bits per heavy atom. The standard InChI is InChI=1S/C10H17NO4/c12-9(13)4-5-11-8-3-1-2-7(6-8)10(14)15/h7-8,11H,1-6H2,(H,12,13)(H,14,15). The molecule has 0 aromatic rings. The van der Waals surface area contributed by atoms with Crippen molar-refractivity contribution in [1.29, 1.82) is 0 Å². The van der Waals surface area contributed by atoms with Crippen LogP contribution in [0.2, 0.25) is 0 Å². The molecule has 1 rings (SSSR count). The van der Waals surface area contributed by atoms with Crippen molar-refractivity contribution in [3.63, 3.8) is 0 Å². The average molecular weight is 215 g/mol. The first-order valence-corrected chi connectivity index (χ1v) is 5.27. The van der Waals surface area contributed by atoms with E-state index in [2.05, 4.69) is 5.32 Å². The van der Waals surface area contributed by atoms with E-state index in [9.17, 15) is 9.59 Å². The summed E-state index contributed by atoms with van der Waals surface area (Å²) in [5.41, 5.74) is 0. The summed E-state index contributed by atoms with van der Waals surface area (Å²) in [5, 5.41) is 20.4. The van der Waals surface area contributed by atoms with Gasteiger partial charge in [-0.3, -0.25) is 9.59 Å². The van der Waals surface area contributed by atoms with E-state index in [1.807, 2.05) is 0 Å². The summed E-state index contributed by atoms with van der Waals surface area (Å²) in [6, 6.07) is 0.166. The molecule has 0 amide bonds. The topological polar surface area (TPSA) is 86.6 Å². The Balaban J connectivity index is 2.24. The molecule has 0 aromatic carbocycles. The van der Waals surface area contributed by atoms with Crippen LogP contribution in [0.1, 0.15) is 32.1 Å². The summed E-state index contributed by atoms with van der Waals surface area (Å²) in [6.45, 7) is 0.423. The van der Waals surface area contributed by atoms with Gasteiger partial charge in [-0.05, 0) is 19.3 Å². The number of rotatable bonds is 5. The number of hydrogen-bond acceptors (Lipinski definition) is 3. The molecule has 0 radical (unpaired) electrons. The number of carbonyl (C=O) groups is 2. The molecule has 3 N–H and O–H groups in total. The van der Waals surface area contributed by atoms with Crippen LogP contribution in [0.25, 0.3) is 0 Å². The SMILES string of the molecule is O=C(O)CCNC1CCCC(C(=O)O)C1. The zero-order valence-corrected chi connectivity index (χ0v) is 8.61. The molecule has 0 aromatic heterocycles. The van der Waals surface area contributed by atoms with E-state index in [1.165, 1.54) is 0 Å². The van der Waals surface area contributed by atoms with Crippen LogP contribution in [0.5, 0.6) is 0 Å². The molecule has 1 saturated carbocycles. The molecule has 2 atom stereocenters. The van der Waals surface area contributed by atoms with E-state index in [-0.39, 0.29) is 18.4 Å². The molecule has 86 valence electrons. The maximum absolute atomic E-state index is 10.8. The van der Waals surface area contributed by atoms with E-state index >= 15 is 0 Å². The quantitative estimate of drug-likeness (QED) is 0.628. The predicted molar refractivity (Wildman–Crippen MR) is 53.6 cm³/mol. The third kappa shape index (κ3) is 4.29. The maximum Gasteiger partial charge on any atom is 0.306 e. The lowest BCUT2D eigenvalue weighted by Crippen LogP contribution is -2.37. The number of carboxylic acid groups (broad SMARTS) is 2. The maximum atomic E-state index is 10.8. The third-order valence-corrected chi connectivity index (χ3v) is 2.80. The fourth-order valence-electron chi connectivity index (χ4n) is 1.98. The van der Waals surface area contributed by atoms with E-state index in [0.717, 1.165) is 19.3 Å². The van der Waals surface area contributed by atoms with Crippen LogP contribution >= 0.6 is 0 Å². The van der Waals surface area contributed by atoms with Crippen LogP contribution in [-0.2, 0) is 9.59 Å². The van der Waals surface area contributed by atoms with Gasteiger partial charge in [0.1, 0.15) is 0 Å². The molecule has 5 heteroatoms. The largest absolute Gasteiger partial charge is 0.481 e. The minimum Gasteiger partial charge on any atom is -0.481 e. The van der Waals surface area contributed by atoms with E-state index in [1.54, 1.807) is 0 Å². The van der Waals surface area contributed by atoms with Crippen molar-refractivity contribution in [2.24, 2.45) is 5.92 Å². The van der Waals surface area contributed by atoms with E-state index < -0.39 is 11.9 Å². The van der Waals surface area contributed by atoms with Gasteiger partial charge in [-0.1, -0.05) is 6.42 Å². The summed E-state index contributed by atoms with van der Waals surface area (Å²) < 4.78 is 0. The molecule has 1 aliphatic rings. The molecule has 0 spiro atoms. The van der Waals surface area contributed by atoms with Gasteiger partial charge in [0.05, 0.1) is 12.3 Å². The number of nitrogens with one attached hydrogen (secondary N) is 1. The smallest absolute Gasteiger partial charge is 0.306 e. The van der Waals surface area contributed by atoms with Crippen LogP contribution in [0.3, 0.4) is 0 Å². The number of hydrogen-bond donors (Lipinski definition) is 3. The van der Waals surface area contributed by atoms with Crippen LogP contribution in [0.15, 0.2) is 0 Å². The van der Waals surface area contributed by atoms with Gasteiger partial charge >= 0.3 is 11.9 Å². The van der Waals surface area contributed by atoms with Crippen molar-refractivity contribution in [1.82, 2.24) is 5.32 Å². The molecule has 0 heterocycles. The fourth-order valence-corrected chi connectivity index (χ4v) is 1.98. The average Bonchev–Trinajstić information content (AvgIpc) is 2.17. The van der Waals surface area contributed by atoms with Crippen LogP contribution in [0.4, 0.5) is 0 Å². The lowest BCUT2D eigenvalue weighted by molar-refractivity contribution is -0.143. The summed E-state index contributed by atoms with van der Waals surface area (Å²) in [6.07, 6.45) is 3.31. The highest BCUT2D eigenvalue weighted by Crippen LogP contribution is 2.24. The highest BCUT2D eigenvalue weighted by atomic mass is 16.4. The monoisotopic (exact) mass is 215 g/mol. The van der Waals surface area contributed by atoms with Crippen LogP contribution in [-0.4, -0.2) is 34.7 Å². The highest BCUT2D eigenvalue weighted by molar-refractivity contribution is 5.70. The van der Waals surface area contributed by atoms with Gasteiger partial charge in [0.15, 0.2) is 0 Å². The third-order valence-electron chi connectivity index (χ3n) is 2.80. The van der Waals surface area contributed by atoms with Crippen molar-refractivity contribution < 1.29 is 19.8 Å². The van der Waals surface area contributed by atoms with Crippen molar-refractivity contribution in [3.8, 4) is 0 Å². The van der Waals surface area contributed by atoms with Crippen LogP contribution < -0.4 is 5.32 Å². The molecule has 15 heavy (non-hydrogen) atoms. The Labute approximate surface area is 88.5 Å². The second kappa shape index (κ2) is 5.70. The molecule has 1 aliphatic carbocycles. The van der Waals surface area contributed by atoms with Crippen molar-refractivity contribution in [2.45, 2.75) is 38.1 Å². The zero-order valence-electron chi connectivity index (χ0n) is 8.61. The second-order valence-electron chi connectivity index (χ2n) is 4.00. The Morgan fingerprint density at radius 1 is 1.27 bits per heavy atom. The molecule has 0 saturated heterocycles. The lowest BCUT2D eigenvalue weighted by Gasteiger charge is -2.27. The van der Waals surface area contributed by atoms with Gasteiger partial charge in [-0.25, -0.2) is 0 Å². The first-order valence-electron chi connectivity index (χ1n) is 5.27. The van der Waals surface area contributed by atoms with Crippen molar-refractivity contribution in [2.75, 3.05) is 6.54 Å². The van der Waals surface area contributed by atoms with Gasteiger partial charge in [-0.2, -0.15) is 0 Å². The summed E-state index contributed by atoms with van der Waals surface area (Å²) in [7, 11) is 0. The van der Waals surface area contributed by atoms with E-state index in [4.69, 9.17) is 10.2 Å². The Kier molecular flexibility index (Phi) is 4.55. The predicted octanol–water partition coefficient (Wildman–Crippen LogP) is 0.694. The van der Waals surface area contributed by atoms with E-state index in [0.29, 0.717) is 13.0 Å². The van der Waals surface area contributed by atoms with Crippen molar-refractivity contribution >= 4 is 11.9 Å². The summed E-state index contributed by atoms with van der Waals surface area (Å²) in [4.78, 5) is 21.0. The zero-order chi connectivity index (χ0) is 11.3. The lowest BCUT2D eigenvalue weighted by atomic mass is 9.86. The highest BCUT2D eigenvalue weighted by Gasteiger charge is 2.26. The Morgan fingerprint density at radius 2 is 2.00 bits per heavy atom. The number of carboxylic acids is 2. The number of aliphatic carboxylic acids is 2. The molecular formula is C10H17NO4. The summed E-state index contributed by atoms with van der Waals surface area (Å²) in [5.74, 6) is -1.83. The van der Waals surface area contributed by atoms with Gasteiger partial charge in [-0.15, -0.1) is 0 Å². The van der Waals surface area contributed by atoms with Gasteiger partial charge in [0.25, 0.3) is 0 Å². The molecule has 0 aliphatic heterocycles. The minimum atomic E-state index is -0.826. The Hall–Kier alpha value is -1.10. The van der Waals surface area contributed by atoms with Gasteiger partial charge in [0.2, 0.25) is 0 Å². The molecular weight excluding hydrogens is 198 g/mol. The molecule has 0 bridgehead atoms. The minimum absolute atomic E-state index is 0.0915. The first-order chi connectivity index (χ1) is 7.09. The first kappa shape index (κ1) is 12.0. The van der Waals surface area contributed by atoms with Gasteiger partial charge in [0, 0.05) is 12.6 Å². The van der Waals surface area contributed by atoms with Crippen LogP contribution in [0, 0.1) is 5.92 Å². The Bertz CT molecular complexity index is 242. The molecule has 5 nitrogen and oxygen atoms in total. The molecule has 1 fully saturated rings.